The Morgan fingerprint density at radius 3 is 2.68 bits per heavy atom. The maximum absolute atomic E-state index is 14.5. The molecule has 0 radical (unpaired) electrons. The molecule has 5 rings (SSSR count). The summed E-state index contributed by atoms with van der Waals surface area (Å²) in [5, 5.41) is 16.5. The molecule has 2 aromatic heterocycles. The zero-order valence-corrected chi connectivity index (χ0v) is 20.2. The molecule has 1 aliphatic heterocycles. The van der Waals surface area contributed by atoms with Gasteiger partial charge in [0.15, 0.2) is 0 Å². The van der Waals surface area contributed by atoms with Crippen molar-refractivity contribution in [1.82, 2.24) is 25.2 Å². The van der Waals surface area contributed by atoms with Crippen molar-refractivity contribution >= 4 is 28.4 Å². The molecule has 0 saturated carbocycles. The minimum Gasteiger partial charge on any atom is -0.382 e. The number of benzene rings is 2. The van der Waals surface area contributed by atoms with E-state index in [9.17, 15) is 14.4 Å². The highest BCUT2D eigenvalue weighted by molar-refractivity contribution is 6.12. The van der Waals surface area contributed by atoms with Gasteiger partial charge in [-0.25, -0.2) is 19.3 Å². The number of nitriles is 1. The first-order valence-corrected chi connectivity index (χ1v) is 11.9. The molecule has 1 fully saturated rings. The van der Waals surface area contributed by atoms with Crippen LogP contribution in [0.25, 0.3) is 22.0 Å². The fraction of sp³-hybridized carbons (Fsp3) is 0.222. The number of halogens is 1. The Morgan fingerprint density at radius 2 is 1.95 bits per heavy atom. The maximum atomic E-state index is 14.5. The van der Waals surface area contributed by atoms with E-state index in [4.69, 9.17) is 10.7 Å². The second-order valence-corrected chi connectivity index (χ2v) is 8.78. The van der Waals surface area contributed by atoms with Crippen molar-refractivity contribution in [2.45, 2.75) is 13.0 Å². The van der Waals surface area contributed by atoms with E-state index in [-0.39, 0.29) is 23.1 Å². The maximum Gasteiger partial charge on any atom is 0.255 e. The lowest BCUT2D eigenvalue weighted by Crippen LogP contribution is -2.46. The van der Waals surface area contributed by atoms with Crippen LogP contribution in [0.2, 0.25) is 0 Å². The van der Waals surface area contributed by atoms with E-state index in [1.807, 2.05) is 43.3 Å². The smallest absolute Gasteiger partial charge is 0.255 e. The topological polar surface area (TPSA) is 133 Å². The molecule has 0 unspecified atom stereocenters. The number of aromatic nitrogens is 3. The largest absolute Gasteiger partial charge is 0.382 e. The van der Waals surface area contributed by atoms with Gasteiger partial charge in [0.2, 0.25) is 0 Å². The van der Waals surface area contributed by atoms with E-state index < -0.39 is 11.9 Å². The number of fused-ring (bicyclic) bond motifs is 1. The highest BCUT2D eigenvalue weighted by Crippen LogP contribution is 2.37. The zero-order valence-electron chi connectivity index (χ0n) is 20.2. The Bertz CT molecular complexity index is 1510. The number of rotatable bonds is 5. The van der Waals surface area contributed by atoms with Gasteiger partial charge in [-0.2, -0.15) is 5.26 Å². The van der Waals surface area contributed by atoms with Crippen molar-refractivity contribution in [3.05, 3.63) is 77.5 Å². The normalized spacial score (nSPS) is 14.2. The third-order valence-corrected chi connectivity index (χ3v) is 6.41. The molecule has 9 nitrogen and oxygen atoms in total. The Labute approximate surface area is 213 Å². The van der Waals surface area contributed by atoms with E-state index in [2.05, 4.69) is 20.6 Å². The van der Waals surface area contributed by atoms with Gasteiger partial charge in [-0.3, -0.25) is 4.79 Å². The number of piperazine rings is 1. The lowest BCUT2D eigenvalue weighted by molar-refractivity contribution is 0.0738. The van der Waals surface area contributed by atoms with Crippen LogP contribution in [0.1, 0.15) is 34.6 Å². The predicted molar refractivity (Wildman–Crippen MR) is 139 cm³/mol. The van der Waals surface area contributed by atoms with Crippen molar-refractivity contribution in [2.75, 3.05) is 37.2 Å². The number of carbonyl (C=O) groups is 1. The standard InChI is InChI=1S/C27H25FN8O/c1-16(34-26-20(14-29)25(30)32-15-33-26)24-22(17-5-3-2-4-6-17)23(27(37)36-11-9-31-10-12-36)19-13-18(28)7-8-21(19)35-24/h2-8,13,15-16,31H,9-12H2,1H3,(H3,30,32,33,34)/t16-/m0/s1. The lowest BCUT2D eigenvalue weighted by atomic mass is 9.91. The van der Waals surface area contributed by atoms with E-state index >= 15 is 0 Å². The molecule has 1 saturated heterocycles. The van der Waals surface area contributed by atoms with Gasteiger partial charge in [0, 0.05) is 37.1 Å². The molecule has 1 aliphatic rings. The highest BCUT2D eigenvalue weighted by Gasteiger charge is 2.29. The van der Waals surface area contributed by atoms with Gasteiger partial charge in [0.05, 0.1) is 22.8 Å². The number of anilines is 2. The van der Waals surface area contributed by atoms with Crippen LogP contribution in [-0.2, 0) is 0 Å². The lowest BCUT2D eigenvalue weighted by Gasteiger charge is -2.30. The first-order valence-electron chi connectivity index (χ1n) is 11.9. The van der Waals surface area contributed by atoms with E-state index in [0.717, 1.165) is 5.56 Å². The van der Waals surface area contributed by atoms with Gasteiger partial charge < -0.3 is 21.3 Å². The summed E-state index contributed by atoms with van der Waals surface area (Å²) in [4.78, 5) is 28.8. The molecule has 3 heterocycles. The van der Waals surface area contributed by atoms with Gasteiger partial charge in [0.25, 0.3) is 5.91 Å². The van der Waals surface area contributed by atoms with Crippen LogP contribution in [0, 0.1) is 17.1 Å². The highest BCUT2D eigenvalue weighted by atomic mass is 19.1. The number of nitrogen functional groups attached to an aromatic ring is 1. The van der Waals surface area contributed by atoms with Gasteiger partial charge in [-0.05, 0) is 30.7 Å². The van der Waals surface area contributed by atoms with Crippen LogP contribution < -0.4 is 16.4 Å². The Balaban J connectivity index is 1.75. The number of hydrogen-bond donors (Lipinski definition) is 3. The average Bonchev–Trinajstić information content (AvgIpc) is 2.92. The molecule has 1 atom stereocenters. The van der Waals surface area contributed by atoms with Gasteiger partial charge >= 0.3 is 0 Å². The van der Waals surface area contributed by atoms with Crippen LogP contribution in [0.15, 0.2) is 54.9 Å². The van der Waals surface area contributed by atoms with Crippen LogP contribution in [0.4, 0.5) is 16.0 Å². The van der Waals surface area contributed by atoms with Crippen LogP contribution in [0.5, 0.6) is 0 Å². The molecule has 4 aromatic rings. The number of amides is 1. The molecule has 1 amide bonds. The number of nitrogens with one attached hydrogen (secondary N) is 2. The second kappa shape index (κ2) is 10.2. The van der Waals surface area contributed by atoms with Gasteiger partial charge in [-0.15, -0.1) is 0 Å². The number of carbonyl (C=O) groups excluding carboxylic acids is 1. The van der Waals surface area contributed by atoms with Gasteiger partial charge in [-0.1, -0.05) is 30.3 Å². The quantitative estimate of drug-likeness (QED) is 0.382. The summed E-state index contributed by atoms with van der Waals surface area (Å²) in [6.07, 6.45) is 1.28. The second-order valence-electron chi connectivity index (χ2n) is 8.78. The Morgan fingerprint density at radius 1 is 1.19 bits per heavy atom. The predicted octanol–water partition coefficient (Wildman–Crippen LogP) is 3.50. The molecule has 0 spiro atoms. The number of hydrogen-bond acceptors (Lipinski definition) is 8. The third-order valence-electron chi connectivity index (χ3n) is 6.41. The van der Waals surface area contributed by atoms with Crippen LogP contribution in [0.3, 0.4) is 0 Å². The molecule has 4 N–H and O–H groups in total. The third kappa shape index (κ3) is 4.64. The molecular weight excluding hydrogens is 471 g/mol. The van der Waals surface area contributed by atoms with Crippen LogP contribution in [-0.4, -0.2) is 51.9 Å². The molecule has 10 heteroatoms. The van der Waals surface area contributed by atoms with Gasteiger partial charge in [0.1, 0.15) is 35.4 Å². The summed E-state index contributed by atoms with van der Waals surface area (Å²) >= 11 is 0. The first-order chi connectivity index (χ1) is 18.0. The number of nitrogens with zero attached hydrogens (tertiary/aromatic N) is 5. The summed E-state index contributed by atoms with van der Waals surface area (Å²) in [7, 11) is 0. The van der Waals surface area contributed by atoms with Crippen molar-refractivity contribution in [3.8, 4) is 17.2 Å². The van der Waals surface area contributed by atoms with Crippen molar-refractivity contribution in [3.63, 3.8) is 0 Å². The monoisotopic (exact) mass is 496 g/mol. The summed E-state index contributed by atoms with van der Waals surface area (Å²) < 4.78 is 14.5. The molecular formula is C27H25FN8O. The zero-order chi connectivity index (χ0) is 25.9. The van der Waals surface area contributed by atoms with Crippen molar-refractivity contribution in [1.29, 1.82) is 5.26 Å². The minimum absolute atomic E-state index is 0.0620. The summed E-state index contributed by atoms with van der Waals surface area (Å²) in [5.74, 6) is -0.308. The molecule has 0 bridgehead atoms. The van der Waals surface area contributed by atoms with Crippen molar-refractivity contribution in [2.24, 2.45) is 0 Å². The average molecular weight is 497 g/mol. The Hall–Kier alpha value is -4.62. The molecule has 37 heavy (non-hydrogen) atoms. The van der Waals surface area contributed by atoms with E-state index in [1.54, 1.807) is 11.0 Å². The van der Waals surface area contributed by atoms with E-state index in [0.29, 0.717) is 53.9 Å². The molecule has 186 valence electrons. The van der Waals surface area contributed by atoms with E-state index in [1.165, 1.54) is 18.5 Å². The minimum atomic E-state index is -0.499. The molecule has 0 aliphatic carbocycles. The Kier molecular flexibility index (Phi) is 6.62. The van der Waals surface area contributed by atoms with Crippen LogP contribution >= 0.6 is 0 Å². The summed E-state index contributed by atoms with van der Waals surface area (Å²) in [6.45, 7) is 4.31. The SMILES string of the molecule is C[C@H](Nc1ncnc(N)c1C#N)c1nc2ccc(F)cc2c(C(=O)N2CCNCC2)c1-c1ccccc1. The summed E-state index contributed by atoms with van der Waals surface area (Å²) in [6, 6.07) is 15.3. The summed E-state index contributed by atoms with van der Waals surface area (Å²) in [5.41, 5.74) is 8.82. The molecule has 2 aromatic carbocycles. The number of nitrogens with two attached hydrogens (primary N) is 1. The fourth-order valence-corrected chi connectivity index (χ4v) is 4.61. The fourth-order valence-electron chi connectivity index (χ4n) is 4.61. The number of pyridine rings is 1. The first kappa shape index (κ1) is 24.1. The van der Waals surface area contributed by atoms with Crippen molar-refractivity contribution < 1.29 is 9.18 Å².